The fourth-order valence-corrected chi connectivity index (χ4v) is 2.10. The van der Waals surface area contributed by atoms with E-state index in [-0.39, 0.29) is 0 Å². The Bertz CT molecular complexity index is 320. The second kappa shape index (κ2) is 6.61. The van der Waals surface area contributed by atoms with Gasteiger partial charge in [0.2, 0.25) is 0 Å². The van der Waals surface area contributed by atoms with Crippen LogP contribution in [0.4, 0.5) is 0 Å². The smallest absolute Gasteiger partial charge is 0.117 e. The highest BCUT2D eigenvalue weighted by Crippen LogP contribution is 2.11. The Balaban J connectivity index is 1.71. The van der Waals surface area contributed by atoms with Crippen molar-refractivity contribution >= 4 is 0 Å². The second-order valence-electron chi connectivity index (χ2n) is 4.56. The molecule has 1 saturated heterocycles. The molecule has 0 atom stereocenters. The van der Waals surface area contributed by atoms with Gasteiger partial charge in [-0.2, -0.15) is 0 Å². The fraction of sp³-hybridized carbons (Fsp3) is 0.750. The van der Waals surface area contributed by atoms with Crippen LogP contribution in [-0.4, -0.2) is 41.1 Å². The number of nitrogens with two attached hydrogens (primary N) is 1. The van der Waals surface area contributed by atoms with E-state index in [0.717, 1.165) is 25.9 Å². The van der Waals surface area contributed by atoms with Gasteiger partial charge in [0.05, 0.1) is 12.4 Å². The lowest BCUT2D eigenvalue weighted by Crippen LogP contribution is -2.18. The van der Waals surface area contributed by atoms with Crippen LogP contribution in [-0.2, 0) is 6.54 Å². The quantitative estimate of drug-likeness (QED) is 0.709. The molecule has 1 fully saturated rings. The molecule has 2 rings (SSSR count). The van der Waals surface area contributed by atoms with Crippen LogP contribution in [0, 0.1) is 0 Å². The summed E-state index contributed by atoms with van der Waals surface area (Å²) in [4.78, 5) is 9.51. The van der Waals surface area contributed by atoms with Crippen LogP contribution in [0.15, 0.2) is 12.4 Å². The molecular weight excluding hydrogens is 216 g/mol. The molecule has 5 nitrogen and oxygen atoms in total. The van der Waals surface area contributed by atoms with E-state index < -0.39 is 0 Å². The van der Waals surface area contributed by atoms with Gasteiger partial charge in [0.25, 0.3) is 0 Å². The third kappa shape index (κ3) is 4.02. The Morgan fingerprint density at radius 1 is 1.29 bits per heavy atom. The minimum absolute atomic E-state index is 0.683. The molecule has 1 aliphatic heterocycles. The van der Waals surface area contributed by atoms with Crippen LogP contribution in [0.1, 0.15) is 31.2 Å². The van der Waals surface area contributed by atoms with Crippen molar-refractivity contribution in [2.75, 3.05) is 26.2 Å². The number of nitrogens with zero attached hydrogens (tertiary/aromatic N) is 3. The zero-order valence-electron chi connectivity index (χ0n) is 10.3. The van der Waals surface area contributed by atoms with Crippen molar-refractivity contribution in [1.29, 1.82) is 0 Å². The molecule has 0 spiro atoms. The van der Waals surface area contributed by atoms with Gasteiger partial charge >= 0.3 is 0 Å². The van der Waals surface area contributed by atoms with Crippen molar-refractivity contribution in [3.63, 3.8) is 0 Å². The van der Waals surface area contributed by atoms with Gasteiger partial charge in [-0.15, -0.1) is 9.94 Å². The highest BCUT2D eigenvalue weighted by molar-refractivity contribution is 5.03. The van der Waals surface area contributed by atoms with Gasteiger partial charge in [-0.3, -0.25) is 4.90 Å². The van der Waals surface area contributed by atoms with Crippen molar-refractivity contribution in [2.45, 2.75) is 32.2 Å². The van der Waals surface area contributed by atoms with Gasteiger partial charge in [-0.1, -0.05) is 0 Å². The first-order valence-corrected chi connectivity index (χ1v) is 6.48. The van der Waals surface area contributed by atoms with Crippen LogP contribution < -0.4 is 10.6 Å². The molecule has 0 aliphatic carbocycles. The predicted molar refractivity (Wildman–Crippen MR) is 66.5 cm³/mol. The Hall–Kier alpha value is -1.07. The SMILES string of the molecule is NCCCCOn1cc(CN2CCCC2)cn1. The highest BCUT2D eigenvalue weighted by atomic mass is 16.7. The van der Waals surface area contributed by atoms with Gasteiger partial charge in [0, 0.05) is 12.1 Å². The summed E-state index contributed by atoms with van der Waals surface area (Å²) in [6.07, 6.45) is 8.50. The molecule has 0 radical (unpaired) electrons. The monoisotopic (exact) mass is 238 g/mol. The van der Waals surface area contributed by atoms with Crippen molar-refractivity contribution in [1.82, 2.24) is 14.8 Å². The van der Waals surface area contributed by atoms with Crippen LogP contribution in [0.5, 0.6) is 0 Å². The summed E-state index contributed by atoms with van der Waals surface area (Å²) in [5.74, 6) is 0. The normalized spacial score (nSPS) is 16.5. The van der Waals surface area contributed by atoms with Gasteiger partial charge in [0.1, 0.15) is 6.61 Å². The Morgan fingerprint density at radius 2 is 2.12 bits per heavy atom. The third-order valence-electron chi connectivity index (χ3n) is 3.04. The molecule has 17 heavy (non-hydrogen) atoms. The van der Waals surface area contributed by atoms with Gasteiger partial charge < -0.3 is 10.6 Å². The molecular formula is C12H22N4O. The van der Waals surface area contributed by atoms with Gasteiger partial charge in [-0.05, 0) is 45.3 Å². The average molecular weight is 238 g/mol. The molecule has 5 heteroatoms. The number of hydrogen-bond acceptors (Lipinski definition) is 4. The standard InChI is InChI=1S/C12H22N4O/c13-5-1-4-8-17-16-11-12(9-14-16)10-15-6-2-3-7-15/h9,11H,1-8,10,13H2. The Labute approximate surface area is 102 Å². The van der Waals surface area contributed by atoms with E-state index in [2.05, 4.69) is 10.00 Å². The number of likely N-dealkylation sites (tertiary alicyclic amines) is 1. The number of rotatable bonds is 7. The first kappa shape index (κ1) is 12.4. The summed E-state index contributed by atoms with van der Waals surface area (Å²) < 4.78 is 0. The lowest BCUT2D eigenvalue weighted by Gasteiger charge is -2.12. The number of unbranched alkanes of at least 4 members (excludes halogenated alkanes) is 1. The summed E-state index contributed by atoms with van der Waals surface area (Å²) in [6.45, 7) is 4.82. The van der Waals surface area contributed by atoms with Crippen molar-refractivity contribution < 1.29 is 4.84 Å². The number of hydrogen-bond donors (Lipinski definition) is 1. The molecule has 2 N–H and O–H groups in total. The maximum atomic E-state index is 5.48. The summed E-state index contributed by atoms with van der Waals surface area (Å²) in [5.41, 5.74) is 6.65. The van der Waals surface area contributed by atoms with Crippen LogP contribution in [0.25, 0.3) is 0 Å². The van der Waals surface area contributed by atoms with E-state index in [1.54, 1.807) is 4.85 Å². The molecule has 0 unspecified atom stereocenters. The van der Waals surface area contributed by atoms with Crippen LogP contribution in [0.2, 0.25) is 0 Å². The molecule has 0 saturated carbocycles. The zero-order chi connectivity index (χ0) is 11.9. The molecule has 1 aromatic heterocycles. The van der Waals surface area contributed by atoms with Gasteiger partial charge in [-0.25, -0.2) is 0 Å². The van der Waals surface area contributed by atoms with Crippen molar-refractivity contribution in [2.24, 2.45) is 5.73 Å². The zero-order valence-corrected chi connectivity index (χ0v) is 10.3. The molecule has 0 bridgehead atoms. The molecule has 0 aromatic carbocycles. The van der Waals surface area contributed by atoms with E-state index in [1.165, 1.54) is 31.5 Å². The first-order valence-electron chi connectivity index (χ1n) is 6.48. The number of aromatic nitrogens is 2. The maximum absolute atomic E-state index is 5.48. The first-order chi connectivity index (χ1) is 8.38. The van der Waals surface area contributed by atoms with E-state index in [0.29, 0.717) is 6.61 Å². The minimum Gasteiger partial charge on any atom is -0.397 e. The topological polar surface area (TPSA) is 56.3 Å². The van der Waals surface area contributed by atoms with E-state index in [9.17, 15) is 0 Å². The fourth-order valence-electron chi connectivity index (χ4n) is 2.10. The molecule has 96 valence electrons. The maximum Gasteiger partial charge on any atom is 0.117 e. The van der Waals surface area contributed by atoms with E-state index in [1.807, 2.05) is 12.4 Å². The Morgan fingerprint density at radius 3 is 2.88 bits per heavy atom. The summed E-state index contributed by atoms with van der Waals surface area (Å²) in [7, 11) is 0. The average Bonchev–Trinajstić information content (AvgIpc) is 2.97. The minimum atomic E-state index is 0.683. The van der Waals surface area contributed by atoms with Crippen molar-refractivity contribution in [3.8, 4) is 0 Å². The predicted octanol–water partition coefficient (Wildman–Crippen LogP) is 0.646. The van der Waals surface area contributed by atoms with Crippen LogP contribution >= 0.6 is 0 Å². The molecule has 2 heterocycles. The summed E-state index contributed by atoms with van der Waals surface area (Å²) in [5, 5.41) is 4.19. The molecule has 1 aromatic rings. The second-order valence-corrected chi connectivity index (χ2v) is 4.56. The summed E-state index contributed by atoms with van der Waals surface area (Å²) in [6, 6.07) is 0. The molecule has 0 amide bonds. The largest absolute Gasteiger partial charge is 0.397 e. The van der Waals surface area contributed by atoms with Crippen LogP contribution in [0.3, 0.4) is 0 Å². The Kier molecular flexibility index (Phi) is 4.82. The lowest BCUT2D eigenvalue weighted by molar-refractivity contribution is 0.0796. The third-order valence-corrected chi connectivity index (χ3v) is 3.04. The van der Waals surface area contributed by atoms with Gasteiger partial charge in [0.15, 0.2) is 0 Å². The van der Waals surface area contributed by atoms with E-state index >= 15 is 0 Å². The lowest BCUT2D eigenvalue weighted by atomic mass is 10.3. The molecule has 1 aliphatic rings. The van der Waals surface area contributed by atoms with Crippen molar-refractivity contribution in [3.05, 3.63) is 18.0 Å². The summed E-state index contributed by atoms with van der Waals surface area (Å²) >= 11 is 0. The highest BCUT2D eigenvalue weighted by Gasteiger charge is 2.12. The van der Waals surface area contributed by atoms with E-state index in [4.69, 9.17) is 10.6 Å².